The van der Waals surface area contributed by atoms with Crippen LogP contribution in [-0.2, 0) is 26.5 Å². The van der Waals surface area contributed by atoms with Crippen molar-refractivity contribution in [1.29, 1.82) is 0 Å². The summed E-state index contributed by atoms with van der Waals surface area (Å²) in [5, 5.41) is 3.30. The molecule has 3 nitrogen and oxygen atoms in total. The quantitative estimate of drug-likeness (QED) is 0.128. The largest absolute Gasteiger partial charge is 0.501 e. The van der Waals surface area contributed by atoms with Crippen molar-refractivity contribution < 1.29 is 27.3 Å². The number of benzene rings is 4. The van der Waals surface area contributed by atoms with Crippen LogP contribution in [0.3, 0.4) is 0 Å². The second-order valence-electron chi connectivity index (χ2n) is 13.5. The van der Waals surface area contributed by atoms with Crippen molar-refractivity contribution in [2.24, 2.45) is 5.41 Å². The molecule has 3 heterocycles. The molecule has 239 valence electrons. The first kappa shape index (κ1) is 31.4. The number of hydrogen-bond donors (Lipinski definition) is 0. The van der Waals surface area contributed by atoms with Crippen molar-refractivity contribution in [3.05, 3.63) is 139 Å². The maximum absolute atomic E-state index is 8.75. The Labute approximate surface area is 296 Å². The number of furan rings is 1. The van der Waals surface area contributed by atoms with Crippen LogP contribution in [-0.4, -0.2) is 18.0 Å². The maximum atomic E-state index is 8.75. The van der Waals surface area contributed by atoms with E-state index >= 15 is 0 Å². The molecule has 0 unspecified atom stereocenters. The van der Waals surface area contributed by atoms with Crippen molar-refractivity contribution in [2.75, 3.05) is 0 Å². The third-order valence-electron chi connectivity index (χ3n) is 7.67. The molecule has 5 heteroatoms. The van der Waals surface area contributed by atoms with Gasteiger partial charge in [-0.25, -0.2) is 0 Å². The minimum atomic E-state index is -1.70. The van der Waals surface area contributed by atoms with Crippen LogP contribution in [0.15, 0.2) is 126 Å². The van der Waals surface area contributed by atoms with Gasteiger partial charge in [0.15, 0.2) is 0 Å². The summed E-state index contributed by atoms with van der Waals surface area (Å²) in [5.41, 5.74) is 7.81. The van der Waals surface area contributed by atoms with Gasteiger partial charge in [-0.3, -0.25) is 0 Å². The Kier molecular flexibility index (Phi) is 9.58. The zero-order valence-corrected chi connectivity index (χ0v) is 31.1. The van der Waals surface area contributed by atoms with Crippen molar-refractivity contribution in [3.8, 4) is 33.6 Å². The number of nitrogens with zero attached hydrogens (tertiary/aromatic N) is 2. The van der Waals surface area contributed by atoms with E-state index in [1.54, 1.807) is 6.20 Å². The van der Waals surface area contributed by atoms with Gasteiger partial charge in [0.05, 0.1) is 13.7 Å². The predicted molar refractivity (Wildman–Crippen MR) is 196 cm³/mol. The fourth-order valence-corrected chi connectivity index (χ4v) is 6.91. The molecule has 4 aromatic carbocycles. The van der Waals surface area contributed by atoms with E-state index in [2.05, 4.69) is 78.1 Å². The molecule has 0 bridgehead atoms. The molecule has 7 aromatic rings. The maximum Gasteiger partial charge on any atom is 0.121 e. The van der Waals surface area contributed by atoms with Crippen LogP contribution in [0.4, 0.5) is 0 Å². The van der Waals surface area contributed by atoms with Crippen LogP contribution in [0, 0.1) is 17.5 Å². The summed E-state index contributed by atoms with van der Waals surface area (Å²) in [6.45, 7) is 12.6. The fourth-order valence-electron chi connectivity index (χ4n) is 5.51. The standard InChI is InChI=1S/C23H14NO.C19H26NSi.Ir/c1-2-7-16(8-3-1)17-12-13-18-19-9-6-10-20(21-11-4-5-14-24-21)23(19)25-22(18)15-17;1-19(2,3)13-16-12-17(15-10-8-7-9-11-15)20-14-18(16)21(4,5)6;/h1-9,11-15H;7-10,12,14H,13H2,1-6H3;/q2*-1;/i;13D2;. The van der Waals surface area contributed by atoms with Gasteiger partial charge in [0.25, 0.3) is 0 Å². The third kappa shape index (κ3) is 8.05. The molecule has 1 radical (unpaired) electrons. The van der Waals surface area contributed by atoms with E-state index in [0.717, 1.165) is 60.8 Å². The zero-order valence-electron chi connectivity index (χ0n) is 29.7. The average molecular weight is 811 g/mol. The van der Waals surface area contributed by atoms with Crippen LogP contribution in [0.2, 0.25) is 19.6 Å². The van der Waals surface area contributed by atoms with Crippen LogP contribution in [0.25, 0.3) is 55.6 Å². The number of hydrogen-bond acceptors (Lipinski definition) is 3. The summed E-state index contributed by atoms with van der Waals surface area (Å²) in [5.74, 6) is 0. The molecule has 0 amide bonds. The zero-order chi connectivity index (χ0) is 34.1. The monoisotopic (exact) mass is 811 g/mol. The molecule has 47 heavy (non-hydrogen) atoms. The van der Waals surface area contributed by atoms with Gasteiger partial charge in [0, 0.05) is 40.6 Å². The molecule has 7 rings (SSSR count). The van der Waals surface area contributed by atoms with E-state index in [4.69, 9.17) is 7.16 Å². The van der Waals surface area contributed by atoms with Crippen molar-refractivity contribution in [2.45, 2.75) is 46.8 Å². The SMILES string of the molecule is [2H]C([2H])(c1cc(-c2[c-]cccc2)ncc1[Si](C)(C)C)C(C)(C)C.[Ir].[c-]1ccc2c(oc3cc(-c4ccccc4)ccc32)c1-c1ccccn1. The van der Waals surface area contributed by atoms with Crippen LogP contribution < -0.4 is 5.19 Å². The Balaban J connectivity index is 0.000000188. The molecule has 3 aromatic heterocycles. The van der Waals surface area contributed by atoms with Crippen LogP contribution in [0.5, 0.6) is 0 Å². The molecular weight excluding hydrogens is 769 g/mol. The Morgan fingerprint density at radius 3 is 2.19 bits per heavy atom. The number of pyridine rings is 2. The van der Waals surface area contributed by atoms with Gasteiger partial charge in [0.1, 0.15) is 5.58 Å². The second kappa shape index (κ2) is 14.3. The Bertz CT molecular complexity index is 2170. The first-order valence-corrected chi connectivity index (χ1v) is 19.2. The van der Waals surface area contributed by atoms with Gasteiger partial charge in [-0.1, -0.05) is 118 Å². The minimum Gasteiger partial charge on any atom is -0.501 e. The summed E-state index contributed by atoms with van der Waals surface area (Å²) in [4.78, 5) is 9.05. The summed E-state index contributed by atoms with van der Waals surface area (Å²) >= 11 is 0. The topological polar surface area (TPSA) is 38.9 Å². The molecule has 0 aliphatic rings. The van der Waals surface area contributed by atoms with Crippen LogP contribution >= 0.6 is 0 Å². The normalized spacial score (nSPS) is 12.5. The number of rotatable bonds is 5. The second-order valence-corrected chi connectivity index (χ2v) is 18.5. The molecule has 0 fully saturated rings. The van der Waals surface area contributed by atoms with Gasteiger partial charge in [0.2, 0.25) is 0 Å². The van der Waals surface area contributed by atoms with E-state index in [0.29, 0.717) is 0 Å². The molecule has 0 saturated carbocycles. The van der Waals surface area contributed by atoms with Crippen LogP contribution in [0.1, 0.15) is 29.1 Å². The summed E-state index contributed by atoms with van der Waals surface area (Å²) in [6.07, 6.45) is 2.26. The van der Waals surface area contributed by atoms with E-state index in [1.807, 2.05) is 99.8 Å². The fraction of sp³-hybridized carbons (Fsp3) is 0.190. The molecule has 0 saturated heterocycles. The van der Waals surface area contributed by atoms with E-state index in [9.17, 15) is 0 Å². The molecule has 0 aliphatic carbocycles. The Morgan fingerprint density at radius 1 is 0.745 bits per heavy atom. The van der Waals surface area contributed by atoms with Gasteiger partial charge in [-0.2, -0.15) is 0 Å². The molecule has 0 spiro atoms. The summed E-state index contributed by atoms with van der Waals surface area (Å²) < 4.78 is 23.7. The average Bonchev–Trinajstić information content (AvgIpc) is 3.47. The van der Waals surface area contributed by atoms with Gasteiger partial charge >= 0.3 is 0 Å². The Hall–Kier alpha value is -4.15. The van der Waals surface area contributed by atoms with E-state index in [-0.39, 0.29) is 20.1 Å². The van der Waals surface area contributed by atoms with Crippen molar-refractivity contribution >= 4 is 35.2 Å². The Morgan fingerprint density at radius 2 is 1.51 bits per heavy atom. The van der Waals surface area contributed by atoms with Gasteiger partial charge < -0.3 is 14.4 Å². The first-order valence-electron chi connectivity index (χ1n) is 16.7. The van der Waals surface area contributed by atoms with Crippen molar-refractivity contribution in [1.82, 2.24) is 9.97 Å². The molecule has 0 N–H and O–H groups in total. The van der Waals surface area contributed by atoms with E-state index < -0.39 is 19.9 Å². The summed E-state index contributed by atoms with van der Waals surface area (Å²) in [7, 11) is -1.70. The first-order chi connectivity index (χ1) is 22.8. The van der Waals surface area contributed by atoms with E-state index in [1.165, 1.54) is 5.56 Å². The summed E-state index contributed by atoms with van der Waals surface area (Å²) in [6, 6.07) is 42.7. The molecule has 0 aliphatic heterocycles. The number of fused-ring (bicyclic) bond motifs is 3. The minimum absolute atomic E-state index is 0. The van der Waals surface area contributed by atoms with Gasteiger partial charge in [-0.05, 0) is 51.6 Å². The third-order valence-corrected chi connectivity index (χ3v) is 9.68. The molecular formula is C42H40IrN2OSi-2. The van der Waals surface area contributed by atoms with Gasteiger partial charge in [-0.15, -0.1) is 54.1 Å². The molecule has 0 atom stereocenters. The predicted octanol–water partition coefficient (Wildman–Crippen LogP) is 10.8. The number of aromatic nitrogens is 2. The van der Waals surface area contributed by atoms with Crippen molar-refractivity contribution in [3.63, 3.8) is 0 Å². The smallest absolute Gasteiger partial charge is 0.121 e.